The minimum absolute atomic E-state index is 0.0859. The van der Waals surface area contributed by atoms with E-state index in [0.717, 1.165) is 0 Å². The fourth-order valence-electron chi connectivity index (χ4n) is 1.73. The van der Waals surface area contributed by atoms with Gasteiger partial charge >= 0.3 is 0 Å². The smallest absolute Gasteiger partial charge is 0.115 e. The summed E-state index contributed by atoms with van der Waals surface area (Å²) in [6, 6.07) is 0. The number of aliphatic hydroxyl groups excluding tert-OH is 1. The minimum Gasteiger partial charge on any atom is -0.394 e. The molecule has 1 heterocycles. The van der Waals surface area contributed by atoms with Crippen molar-refractivity contribution in [2.45, 2.75) is 24.4 Å². The summed E-state index contributed by atoms with van der Waals surface area (Å²) in [7, 11) is 4.75. The zero-order valence-corrected chi connectivity index (χ0v) is 8.80. The number of hydrogen-bond acceptors (Lipinski definition) is 5. The second-order valence-corrected chi connectivity index (χ2v) is 3.23. The number of methoxy groups -OCH3 is 3. The van der Waals surface area contributed by atoms with E-state index in [1.165, 1.54) is 7.11 Å². The lowest BCUT2D eigenvalue weighted by Gasteiger charge is -2.25. The summed E-state index contributed by atoms with van der Waals surface area (Å²) >= 11 is 0. The number of ether oxygens (including phenoxy) is 4. The van der Waals surface area contributed by atoms with Gasteiger partial charge in [-0.2, -0.15) is 0 Å². The molecule has 1 fully saturated rings. The molecule has 1 aliphatic rings. The Hall–Kier alpha value is -0.200. The Labute approximate surface area is 83.9 Å². The molecule has 0 aromatic carbocycles. The molecule has 0 aliphatic carbocycles. The Balaban J connectivity index is 2.60. The molecule has 0 bridgehead atoms. The second kappa shape index (κ2) is 5.63. The van der Waals surface area contributed by atoms with E-state index in [-0.39, 0.29) is 31.0 Å². The summed E-state index contributed by atoms with van der Waals surface area (Å²) < 4.78 is 21.0. The lowest BCUT2D eigenvalue weighted by Crippen LogP contribution is -2.43. The predicted octanol–water partition coefficient (Wildman–Crippen LogP) is -0.577. The average Bonchev–Trinajstić information content (AvgIpc) is 2.62. The van der Waals surface area contributed by atoms with E-state index in [0.29, 0.717) is 6.61 Å². The fraction of sp³-hybridized carbons (Fsp3) is 1.00. The largest absolute Gasteiger partial charge is 0.394 e. The van der Waals surface area contributed by atoms with Gasteiger partial charge in [-0.1, -0.05) is 0 Å². The van der Waals surface area contributed by atoms with Gasteiger partial charge in [0.05, 0.1) is 13.2 Å². The Morgan fingerprint density at radius 3 is 2.50 bits per heavy atom. The Morgan fingerprint density at radius 2 is 2.07 bits per heavy atom. The zero-order chi connectivity index (χ0) is 10.6. The van der Waals surface area contributed by atoms with E-state index in [1.807, 2.05) is 0 Å². The van der Waals surface area contributed by atoms with Crippen molar-refractivity contribution in [2.75, 3.05) is 34.5 Å². The zero-order valence-electron chi connectivity index (χ0n) is 8.80. The van der Waals surface area contributed by atoms with E-state index in [4.69, 9.17) is 24.1 Å². The van der Waals surface area contributed by atoms with Crippen LogP contribution >= 0.6 is 0 Å². The summed E-state index contributed by atoms with van der Waals surface area (Å²) in [6.07, 6.45) is -0.897. The van der Waals surface area contributed by atoms with Crippen molar-refractivity contribution >= 4 is 0 Å². The van der Waals surface area contributed by atoms with E-state index in [9.17, 15) is 0 Å². The van der Waals surface area contributed by atoms with Crippen molar-refractivity contribution in [3.8, 4) is 0 Å². The first kappa shape index (κ1) is 11.9. The first-order chi connectivity index (χ1) is 6.78. The van der Waals surface area contributed by atoms with Crippen LogP contribution in [0.2, 0.25) is 0 Å². The highest BCUT2D eigenvalue weighted by molar-refractivity contribution is 4.90. The molecule has 0 spiro atoms. The van der Waals surface area contributed by atoms with Gasteiger partial charge in [0.15, 0.2) is 0 Å². The molecule has 1 saturated heterocycles. The van der Waals surface area contributed by atoms with Crippen LogP contribution in [-0.2, 0) is 18.9 Å². The molecule has 84 valence electrons. The molecule has 1 N–H and O–H groups in total. The first-order valence-electron chi connectivity index (χ1n) is 4.59. The highest BCUT2D eigenvalue weighted by Crippen LogP contribution is 2.23. The van der Waals surface area contributed by atoms with Gasteiger partial charge in [-0.05, 0) is 0 Å². The molecular formula is C9H18O5. The monoisotopic (exact) mass is 206 g/mol. The van der Waals surface area contributed by atoms with Crippen LogP contribution in [-0.4, -0.2) is 64.1 Å². The molecule has 4 atom stereocenters. The highest BCUT2D eigenvalue weighted by Gasteiger charge is 2.42. The molecule has 0 radical (unpaired) electrons. The van der Waals surface area contributed by atoms with E-state index >= 15 is 0 Å². The molecule has 0 aromatic heterocycles. The van der Waals surface area contributed by atoms with Gasteiger partial charge in [-0.25, -0.2) is 0 Å². The molecule has 14 heavy (non-hydrogen) atoms. The Bertz CT molecular complexity index is 159. The summed E-state index contributed by atoms with van der Waals surface area (Å²) in [5, 5.41) is 9.06. The summed E-state index contributed by atoms with van der Waals surface area (Å²) in [6.45, 7) is 0.386. The van der Waals surface area contributed by atoms with Crippen molar-refractivity contribution in [3.63, 3.8) is 0 Å². The SMILES string of the molecule is COC1COC(C(CO)OC)C1OC. The van der Waals surface area contributed by atoms with Crippen LogP contribution in [0.25, 0.3) is 0 Å². The fourth-order valence-corrected chi connectivity index (χ4v) is 1.73. The molecular weight excluding hydrogens is 188 g/mol. The third-order valence-electron chi connectivity index (χ3n) is 2.57. The normalized spacial score (nSPS) is 34.7. The lowest BCUT2D eigenvalue weighted by molar-refractivity contribution is -0.0973. The van der Waals surface area contributed by atoms with Crippen LogP contribution in [0, 0.1) is 0 Å². The first-order valence-corrected chi connectivity index (χ1v) is 4.59. The summed E-state index contributed by atoms with van der Waals surface area (Å²) in [5.74, 6) is 0. The van der Waals surface area contributed by atoms with Crippen molar-refractivity contribution < 1.29 is 24.1 Å². The molecule has 1 aliphatic heterocycles. The van der Waals surface area contributed by atoms with E-state index < -0.39 is 0 Å². The number of rotatable bonds is 5. The lowest BCUT2D eigenvalue weighted by atomic mass is 10.1. The summed E-state index contributed by atoms with van der Waals surface area (Å²) in [5.41, 5.74) is 0. The van der Waals surface area contributed by atoms with Crippen LogP contribution in [0.4, 0.5) is 0 Å². The molecule has 4 unspecified atom stereocenters. The van der Waals surface area contributed by atoms with Gasteiger partial charge in [0, 0.05) is 21.3 Å². The van der Waals surface area contributed by atoms with Crippen molar-refractivity contribution in [1.29, 1.82) is 0 Å². The van der Waals surface area contributed by atoms with Gasteiger partial charge in [0.25, 0.3) is 0 Å². The molecule has 5 nitrogen and oxygen atoms in total. The highest BCUT2D eigenvalue weighted by atomic mass is 16.6. The quantitative estimate of drug-likeness (QED) is 0.652. The maximum absolute atomic E-state index is 9.06. The third kappa shape index (κ3) is 2.24. The van der Waals surface area contributed by atoms with Gasteiger partial charge in [-0.3, -0.25) is 0 Å². The molecule has 0 aromatic rings. The van der Waals surface area contributed by atoms with Gasteiger partial charge in [-0.15, -0.1) is 0 Å². The molecule has 0 saturated carbocycles. The Morgan fingerprint density at radius 1 is 1.36 bits per heavy atom. The number of aliphatic hydroxyl groups is 1. The topological polar surface area (TPSA) is 57.2 Å². The standard InChI is InChI=1S/C9H18O5/c1-11-6(4-10)9-8(13-3)7(12-2)5-14-9/h6-10H,4-5H2,1-3H3. The van der Waals surface area contributed by atoms with Crippen LogP contribution in [0.1, 0.15) is 0 Å². The number of hydrogen-bond donors (Lipinski definition) is 1. The van der Waals surface area contributed by atoms with Crippen LogP contribution in [0.3, 0.4) is 0 Å². The molecule has 1 rings (SSSR count). The van der Waals surface area contributed by atoms with E-state index in [2.05, 4.69) is 0 Å². The maximum Gasteiger partial charge on any atom is 0.115 e. The minimum atomic E-state index is -0.361. The Kier molecular flexibility index (Phi) is 4.77. The third-order valence-corrected chi connectivity index (χ3v) is 2.57. The predicted molar refractivity (Wildman–Crippen MR) is 49.2 cm³/mol. The van der Waals surface area contributed by atoms with Crippen LogP contribution < -0.4 is 0 Å². The van der Waals surface area contributed by atoms with Crippen LogP contribution in [0.5, 0.6) is 0 Å². The maximum atomic E-state index is 9.06. The molecule has 0 amide bonds. The van der Waals surface area contributed by atoms with Crippen molar-refractivity contribution in [3.05, 3.63) is 0 Å². The van der Waals surface area contributed by atoms with E-state index in [1.54, 1.807) is 14.2 Å². The van der Waals surface area contributed by atoms with Gasteiger partial charge in [0.2, 0.25) is 0 Å². The van der Waals surface area contributed by atoms with Crippen LogP contribution in [0.15, 0.2) is 0 Å². The van der Waals surface area contributed by atoms with Gasteiger partial charge < -0.3 is 24.1 Å². The molecule has 5 heteroatoms. The van der Waals surface area contributed by atoms with Crippen molar-refractivity contribution in [1.82, 2.24) is 0 Å². The second-order valence-electron chi connectivity index (χ2n) is 3.23. The van der Waals surface area contributed by atoms with Crippen molar-refractivity contribution in [2.24, 2.45) is 0 Å². The average molecular weight is 206 g/mol. The van der Waals surface area contributed by atoms with Gasteiger partial charge in [0.1, 0.15) is 24.4 Å². The summed E-state index contributed by atoms with van der Waals surface area (Å²) in [4.78, 5) is 0.